The number of rotatable bonds is 5. The normalized spacial score (nSPS) is 11.6. The topological polar surface area (TPSA) is 76.2 Å². The van der Waals surface area contributed by atoms with Gasteiger partial charge in [0.2, 0.25) is 11.7 Å². The third kappa shape index (κ3) is 4.28. The smallest absolute Gasteiger partial charge is 0.303 e. The number of aromatic nitrogens is 2. The van der Waals surface area contributed by atoms with Crippen LogP contribution in [0.2, 0.25) is 5.02 Å². The summed E-state index contributed by atoms with van der Waals surface area (Å²) in [6.45, 7) is 3.70. The van der Waals surface area contributed by atoms with E-state index in [-0.39, 0.29) is 6.42 Å². The molecule has 7 heteroatoms. The molecule has 21 heavy (non-hydrogen) atoms. The molecule has 0 saturated heterocycles. The van der Waals surface area contributed by atoms with E-state index in [0.717, 1.165) is 10.0 Å². The number of halogens is 2. The largest absolute Gasteiger partial charge is 0.481 e. The maximum Gasteiger partial charge on any atom is 0.303 e. The van der Waals surface area contributed by atoms with Crippen molar-refractivity contribution in [1.29, 1.82) is 0 Å². The van der Waals surface area contributed by atoms with Crippen molar-refractivity contribution in [1.82, 2.24) is 10.1 Å². The zero-order valence-electron chi connectivity index (χ0n) is 11.6. The van der Waals surface area contributed by atoms with Crippen molar-refractivity contribution in [3.8, 4) is 11.4 Å². The van der Waals surface area contributed by atoms with Gasteiger partial charge in [-0.2, -0.15) is 4.98 Å². The Morgan fingerprint density at radius 1 is 1.48 bits per heavy atom. The van der Waals surface area contributed by atoms with E-state index in [0.29, 0.717) is 23.2 Å². The molecule has 0 fully saturated rings. The van der Waals surface area contributed by atoms with Gasteiger partial charge in [-0.3, -0.25) is 4.79 Å². The summed E-state index contributed by atoms with van der Waals surface area (Å²) in [6.07, 6.45) is 0.443. The number of carbonyl (C=O) groups is 1. The Balaban J connectivity index is 2.18. The Morgan fingerprint density at radius 3 is 2.81 bits per heavy atom. The van der Waals surface area contributed by atoms with Gasteiger partial charge in [0.25, 0.3) is 0 Å². The molecular weight excluding hydrogens is 360 g/mol. The molecule has 112 valence electrons. The molecule has 0 atom stereocenters. The highest BCUT2D eigenvalue weighted by Gasteiger charge is 2.25. The minimum atomic E-state index is -0.846. The summed E-state index contributed by atoms with van der Waals surface area (Å²) < 4.78 is 5.95. The van der Waals surface area contributed by atoms with Crippen LogP contribution in [0.3, 0.4) is 0 Å². The first kappa shape index (κ1) is 16.0. The molecule has 1 heterocycles. The molecule has 0 aliphatic rings. The van der Waals surface area contributed by atoms with Gasteiger partial charge < -0.3 is 9.63 Å². The molecule has 5 nitrogen and oxygen atoms in total. The molecule has 0 aliphatic carbocycles. The average molecular weight is 374 g/mol. The third-order valence-corrected chi connectivity index (χ3v) is 4.12. The summed E-state index contributed by atoms with van der Waals surface area (Å²) in [5, 5.41) is 13.4. The van der Waals surface area contributed by atoms with E-state index in [2.05, 4.69) is 26.1 Å². The van der Waals surface area contributed by atoms with Crippen molar-refractivity contribution in [3.63, 3.8) is 0 Å². The van der Waals surface area contributed by atoms with Crippen LogP contribution in [-0.4, -0.2) is 21.2 Å². The van der Waals surface area contributed by atoms with Crippen LogP contribution in [0.25, 0.3) is 11.4 Å². The second-order valence-electron chi connectivity index (χ2n) is 5.55. The number of hydrogen-bond donors (Lipinski definition) is 1. The minimum absolute atomic E-state index is 0.0389. The summed E-state index contributed by atoms with van der Waals surface area (Å²) >= 11 is 9.28. The van der Waals surface area contributed by atoms with E-state index in [9.17, 15) is 4.79 Å². The molecule has 0 amide bonds. The summed E-state index contributed by atoms with van der Waals surface area (Å²) in [5.74, 6) is 0.0252. The van der Waals surface area contributed by atoms with E-state index < -0.39 is 11.4 Å². The third-order valence-electron chi connectivity index (χ3n) is 2.91. The molecule has 0 saturated carbocycles. The van der Waals surface area contributed by atoms with Crippen LogP contribution in [0, 0.1) is 5.41 Å². The predicted octanol–water partition coefficient (Wildman–Crippen LogP) is 4.20. The molecular formula is C14H14BrClN2O3. The van der Waals surface area contributed by atoms with Crippen LogP contribution < -0.4 is 0 Å². The molecule has 1 N–H and O–H groups in total. The maximum atomic E-state index is 10.8. The molecule has 1 aromatic heterocycles. The molecule has 2 rings (SSSR count). The molecule has 0 spiro atoms. The number of aliphatic carboxylic acids is 1. The fraction of sp³-hybridized carbons (Fsp3) is 0.357. The zero-order chi connectivity index (χ0) is 15.6. The molecule has 0 bridgehead atoms. The fourth-order valence-electron chi connectivity index (χ4n) is 1.96. The summed E-state index contributed by atoms with van der Waals surface area (Å²) in [7, 11) is 0. The van der Waals surface area contributed by atoms with Crippen LogP contribution in [0.15, 0.2) is 27.2 Å². The predicted molar refractivity (Wildman–Crippen MR) is 82.2 cm³/mol. The first-order chi connectivity index (χ1) is 9.77. The van der Waals surface area contributed by atoms with Crippen molar-refractivity contribution in [3.05, 3.63) is 33.6 Å². The van der Waals surface area contributed by atoms with Crippen LogP contribution in [0.4, 0.5) is 0 Å². The second-order valence-corrected chi connectivity index (χ2v) is 6.81. The SMILES string of the molecule is CC(C)(CC(=O)O)Cc1nc(-c2ccc(Cl)c(Br)c2)no1. The first-order valence-electron chi connectivity index (χ1n) is 6.27. The average Bonchev–Trinajstić information content (AvgIpc) is 2.78. The lowest BCUT2D eigenvalue weighted by Crippen LogP contribution is -2.19. The second kappa shape index (κ2) is 6.15. The molecule has 0 radical (unpaired) electrons. The van der Waals surface area contributed by atoms with Crippen molar-refractivity contribution < 1.29 is 14.4 Å². The Hall–Kier alpha value is -1.40. The summed E-state index contributed by atoms with van der Waals surface area (Å²) in [5.41, 5.74) is 0.327. The molecule has 0 aliphatic heterocycles. The van der Waals surface area contributed by atoms with E-state index >= 15 is 0 Å². The zero-order valence-corrected chi connectivity index (χ0v) is 13.9. The van der Waals surface area contributed by atoms with Crippen molar-refractivity contribution in [2.75, 3.05) is 0 Å². The van der Waals surface area contributed by atoms with Gasteiger partial charge in [0.15, 0.2) is 0 Å². The van der Waals surface area contributed by atoms with Crippen molar-refractivity contribution >= 4 is 33.5 Å². The molecule has 1 aromatic carbocycles. The number of carboxylic acid groups (broad SMARTS) is 1. The highest BCUT2D eigenvalue weighted by Crippen LogP contribution is 2.29. The van der Waals surface area contributed by atoms with Gasteiger partial charge in [-0.1, -0.05) is 30.6 Å². The molecule has 2 aromatic rings. The lowest BCUT2D eigenvalue weighted by Gasteiger charge is -2.19. The highest BCUT2D eigenvalue weighted by molar-refractivity contribution is 9.10. The van der Waals surface area contributed by atoms with Crippen LogP contribution >= 0.6 is 27.5 Å². The maximum absolute atomic E-state index is 10.8. The Bertz CT molecular complexity index is 670. The molecule has 0 unspecified atom stereocenters. The number of carboxylic acids is 1. The van der Waals surface area contributed by atoms with Crippen molar-refractivity contribution in [2.24, 2.45) is 5.41 Å². The fourth-order valence-corrected chi connectivity index (χ4v) is 2.46. The standard InChI is InChI=1S/C14H14BrClN2O3/c1-14(2,7-12(19)20)6-11-17-13(18-21-11)8-3-4-10(16)9(15)5-8/h3-5H,6-7H2,1-2H3,(H,19,20). The Labute approximate surface area is 135 Å². The number of hydrogen-bond acceptors (Lipinski definition) is 4. The van der Waals surface area contributed by atoms with E-state index in [1.807, 2.05) is 13.8 Å². The van der Waals surface area contributed by atoms with Gasteiger partial charge in [-0.25, -0.2) is 0 Å². The van der Waals surface area contributed by atoms with Gasteiger partial charge in [-0.05, 0) is 39.5 Å². The summed E-state index contributed by atoms with van der Waals surface area (Å²) in [6, 6.07) is 5.34. The van der Waals surface area contributed by atoms with Gasteiger partial charge in [-0.15, -0.1) is 0 Å². The van der Waals surface area contributed by atoms with Crippen LogP contribution in [0.5, 0.6) is 0 Å². The van der Waals surface area contributed by atoms with Crippen LogP contribution in [0.1, 0.15) is 26.2 Å². The Kier molecular flexibility index (Phi) is 4.68. The van der Waals surface area contributed by atoms with E-state index in [1.54, 1.807) is 18.2 Å². The van der Waals surface area contributed by atoms with E-state index in [4.69, 9.17) is 21.2 Å². The van der Waals surface area contributed by atoms with Gasteiger partial charge in [0, 0.05) is 16.5 Å². The minimum Gasteiger partial charge on any atom is -0.481 e. The quantitative estimate of drug-likeness (QED) is 0.850. The summed E-state index contributed by atoms with van der Waals surface area (Å²) in [4.78, 5) is 15.1. The lowest BCUT2D eigenvalue weighted by atomic mass is 9.86. The number of nitrogens with zero attached hydrogens (tertiary/aromatic N) is 2. The highest BCUT2D eigenvalue weighted by atomic mass is 79.9. The first-order valence-corrected chi connectivity index (χ1v) is 7.44. The number of benzene rings is 1. The van der Waals surface area contributed by atoms with Gasteiger partial charge in [0.05, 0.1) is 11.4 Å². The van der Waals surface area contributed by atoms with Crippen molar-refractivity contribution in [2.45, 2.75) is 26.7 Å². The monoisotopic (exact) mass is 372 g/mol. The van der Waals surface area contributed by atoms with Crippen LogP contribution in [-0.2, 0) is 11.2 Å². The van der Waals surface area contributed by atoms with E-state index in [1.165, 1.54) is 0 Å². The lowest BCUT2D eigenvalue weighted by molar-refractivity contribution is -0.139. The van der Waals surface area contributed by atoms with Gasteiger partial charge in [0.1, 0.15) is 0 Å². The van der Waals surface area contributed by atoms with Gasteiger partial charge >= 0.3 is 5.97 Å². The Morgan fingerprint density at radius 2 is 2.19 bits per heavy atom.